The highest BCUT2D eigenvalue weighted by atomic mass is 15.3. The van der Waals surface area contributed by atoms with Gasteiger partial charge in [0.1, 0.15) is 0 Å². The molecule has 0 saturated carbocycles. The minimum atomic E-state index is 0.740. The van der Waals surface area contributed by atoms with Crippen LogP contribution < -0.4 is 10.6 Å². The summed E-state index contributed by atoms with van der Waals surface area (Å²) in [5, 5.41) is 4.45. The fourth-order valence-electron chi connectivity index (χ4n) is 2.46. The van der Waals surface area contributed by atoms with Gasteiger partial charge in [-0.3, -0.25) is 4.68 Å². The van der Waals surface area contributed by atoms with Gasteiger partial charge in [0.15, 0.2) is 5.82 Å². The Hall–Kier alpha value is -1.97. The third-order valence-corrected chi connectivity index (χ3v) is 3.20. The molecule has 0 saturated heterocycles. The molecule has 1 aromatic carbocycles. The Balaban J connectivity index is 2.09. The van der Waals surface area contributed by atoms with Gasteiger partial charge in [0.05, 0.1) is 5.69 Å². The number of fused-ring (bicyclic) bond motifs is 1. The minimum absolute atomic E-state index is 0.740. The molecule has 2 N–H and O–H groups in total. The van der Waals surface area contributed by atoms with Crippen molar-refractivity contribution in [2.75, 3.05) is 17.2 Å². The number of para-hydroxylation sites is 1. The molecular formula is C13H16N4. The summed E-state index contributed by atoms with van der Waals surface area (Å²) in [5.74, 6) is 0.875. The van der Waals surface area contributed by atoms with Crippen molar-refractivity contribution in [3.8, 4) is 0 Å². The molecule has 3 rings (SSSR count). The summed E-state index contributed by atoms with van der Waals surface area (Å²) >= 11 is 0. The average Bonchev–Trinajstić information content (AvgIpc) is 2.68. The van der Waals surface area contributed by atoms with E-state index in [2.05, 4.69) is 34.3 Å². The maximum Gasteiger partial charge on any atom is 0.178 e. The average molecular weight is 228 g/mol. The van der Waals surface area contributed by atoms with Gasteiger partial charge in [-0.1, -0.05) is 18.2 Å². The standard InChI is InChI=1S/C13H16N4/c1-16-9-11(14)13(15-16)17-8-4-6-10-5-2-3-7-12(10)17/h2-3,5,7,9H,4,6,8,14H2,1H3. The highest BCUT2D eigenvalue weighted by Gasteiger charge is 2.21. The minimum Gasteiger partial charge on any atom is -0.394 e. The van der Waals surface area contributed by atoms with Crippen LogP contribution in [0.15, 0.2) is 30.5 Å². The lowest BCUT2D eigenvalue weighted by Crippen LogP contribution is -2.25. The maximum atomic E-state index is 6.00. The van der Waals surface area contributed by atoms with Crippen LogP contribution in [0.4, 0.5) is 17.2 Å². The molecule has 88 valence electrons. The van der Waals surface area contributed by atoms with Gasteiger partial charge in [-0.25, -0.2) is 0 Å². The van der Waals surface area contributed by atoms with Crippen LogP contribution in [0.3, 0.4) is 0 Å². The molecule has 0 unspecified atom stereocenters. The number of hydrogen-bond donors (Lipinski definition) is 1. The Bertz CT molecular complexity index is 544. The number of nitrogen functional groups attached to an aromatic ring is 1. The summed E-state index contributed by atoms with van der Waals surface area (Å²) in [6.45, 7) is 0.984. The predicted molar refractivity (Wildman–Crippen MR) is 69.4 cm³/mol. The van der Waals surface area contributed by atoms with Crippen LogP contribution in [0.25, 0.3) is 0 Å². The predicted octanol–water partition coefficient (Wildman–Crippen LogP) is 2.09. The Labute approximate surface area is 101 Å². The van der Waals surface area contributed by atoms with E-state index in [0.29, 0.717) is 0 Å². The molecule has 2 heterocycles. The van der Waals surface area contributed by atoms with Gasteiger partial charge in [0.25, 0.3) is 0 Å². The summed E-state index contributed by atoms with van der Waals surface area (Å²) in [5.41, 5.74) is 9.36. The third-order valence-electron chi connectivity index (χ3n) is 3.20. The first-order valence-corrected chi connectivity index (χ1v) is 5.90. The van der Waals surface area contributed by atoms with Crippen LogP contribution in [0.1, 0.15) is 12.0 Å². The molecular weight excluding hydrogens is 212 g/mol. The van der Waals surface area contributed by atoms with Crippen LogP contribution in [0, 0.1) is 0 Å². The summed E-state index contributed by atoms with van der Waals surface area (Å²) in [7, 11) is 1.90. The molecule has 2 aromatic rings. The molecule has 1 aliphatic rings. The fraction of sp³-hybridized carbons (Fsp3) is 0.308. The van der Waals surface area contributed by atoms with E-state index in [1.807, 2.05) is 13.2 Å². The molecule has 0 bridgehead atoms. The van der Waals surface area contributed by atoms with E-state index in [4.69, 9.17) is 5.73 Å². The van der Waals surface area contributed by atoms with E-state index in [1.165, 1.54) is 11.3 Å². The Morgan fingerprint density at radius 2 is 2.12 bits per heavy atom. The van der Waals surface area contributed by atoms with Gasteiger partial charge in [0, 0.05) is 25.5 Å². The Kier molecular flexibility index (Phi) is 2.28. The monoisotopic (exact) mass is 228 g/mol. The van der Waals surface area contributed by atoms with Crippen molar-refractivity contribution in [2.24, 2.45) is 7.05 Å². The topological polar surface area (TPSA) is 47.1 Å². The normalized spacial score (nSPS) is 14.8. The van der Waals surface area contributed by atoms with Crippen LogP contribution in [-0.2, 0) is 13.5 Å². The summed E-state index contributed by atoms with van der Waals surface area (Å²) in [4.78, 5) is 2.22. The first-order chi connectivity index (χ1) is 8.25. The lowest BCUT2D eigenvalue weighted by molar-refractivity contribution is 0.728. The molecule has 1 aliphatic heterocycles. The molecule has 0 atom stereocenters. The van der Waals surface area contributed by atoms with Gasteiger partial charge >= 0.3 is 0 Å². The molecule has 1 aromatic heterocycles. The smallest absolute Gasteiger partial charge is 0.178 e. The molecule has 0 aliphatic carbocycles. The van der Waals surface area contributed by atoms with E-state index >= 15 is 0 Å². The van der Waals surface area contributed by atoms with Gasteiger partial charge < -0.3 is 10.6 Å². The first-order valence-electron chi connectivity index (χ1n) is 5.90. The van der Waals surface area contributed by atoms with Gasteiger partial charge in [-0.15, -0.1) is 0 Å². The largest absolute Gasteiger partial charge is 0.394 e. The zero-order chi connectivity index (χ0) is 11.8. The van der Waals surface area contributed by atoms with Gasteiger partial charge in [-0.2, -0.15) is 5.10 Å². The van der Waals surface area contributed by atoms with E-state index in [-0.39, 0.29) is 0 Å². The second-order valence-corrected chi connectivity index (χ2v) is 4.47. The molecule has 0 amide bonds. The summed E-state index contributed by atoms with van der Waals surface area (Å²) < 4.78 is 1.77. The van der Waals surface area contributed by atoms with Crippen molar-refractivity contribution in [2.45, 2.75) is 12.8 Å². The highest BCUT2D eigenvalue weighted by molar-refractivity contribution is 5.73. The molecule has 4 nitrogen and oxygen atoms in total. The van der Waals surface area contributed by atoms with Crippen molar-refractivity contribution in [3.63, 3.8) is 0 Å². The van der Waals surface area contributed by atoms with E-state index in [9.17, 15) is 0 Å². The van der Waals surface area contributed by atoms with Crippen LogP contribution >= 0.6 is 0 Å². The summed E-state index contributed by atoms with van der Waals surface area (Å²) in [6.07, 6.45) is 4.14. The second-order valence-electron chi connectivity index (χ2n) is 4.47. The van der Waals surface area contributed by atoms with Crippen LogP contribution in [-0.4, -0.2) is 16.3 Å². The van der Waals surface area contributed by atoms with Crippen molar-refractivity contribution in [1.29, 1.82) is 0 Å². The van der Waals surface area contributed by atoms with Crippen LogP contribution in [0.5, 0.6) is 0 Å². The number of rotatable bonds is 1. The number of nitrogens with two attached hydrogens (primary N) is 1. The zero-order valence-electron chi connectivity index (χ0n) is 9.93. The van der Waals surface area contributed by atoms with E-state index < -0.39 is 0 Å². The van der Waals surface area contributed by atoms with Gasteiger partial charge in [-0.05, 0) is 24.5 Å². The lowest BCUT2D eigenvalue weighted by atomic mass is 10.0. The van der Waals surface area contributed by atoms with Crippen molar-refractivity contribution in [1.82, 2.24) is 9.78 Å². The van der Waals surface area contributed by atoms with Crippen molar-refractivity contribution in [3.05, 3.63) is 36.0 Å². The highest BCUT2D eigenvalue weighted by Crippen LogP contribution is 2.34. The maximum absolute atomic E-state index is 6.00. The van der Waals surface area contributed by atoms with Crippen molar-refractivity contribution < 1.29 is 0 Å². The van der Waals surface area contributed by atoms with Gasteiger partial charge in [0.2, 0.25) is 0 Å². The number of nitrogens with zero attached hydrogens (tertiary/aromatic N) is 3. The Morgan fingerprint density at radius 3 is 2.88 bits per heavy atom. The third kappa shape index (κ3) is 1.65. The lowest BCUT2D eigenvalue weighted by Gasteiger charge is -2.29. The number of hydrogen-bond acceptors (Lipinski definition) is 3. The van der Waals surface area contributed by atoms with Crippen molar-refractivity contribution >= 4 is 17.2 Å². The number of anilines is 3. The molecule has 17 heavy (non-hydrogen) atoms. The van der Waals surface area contributed by atoms with E-state index in [1.54, 1.807) is 4.68 Å². The summed E-state index contributed by atoms with van der Waals surface area (Å²) in [6, 6.07) is 8.48. The number of aromatic nitrogens is 2. The SMILES string of the molecule is Cn1cc(N)c(N2CCCc3ccccc32)n1. The molecule has 0 radical (unpaired) electrons. The molecule has 4 heteroatoms. The number of aryl methyl sites for hydroxylation is 2. The Morgan fingerprint density at radius 1 is 1.29 bits per heavy atom. The zero-order valence-corrected chi connectivity index (χ0v) is 9.93. The molecule has 0 spiro atoms. The fourth-order valence-corrected chi connectivity index (χ4v) is 2.46. The molecule has 0 fully saturated rings. The number of benzene rings is 1. The van der Waals surface area contributed by atoms with Crippen LogP contribution in [0.2, 0.25) is 0 Å². The quantitative estimate of drug-likeness (QED) is 0.813. The second kappa shape index (κ2) is 3.80. The first kappa shape index (κ1) is 10.2. The van der Waals surface area contributed by atoms with E-state index in [0.717, 1.165) is 30.9 Å².